The third kappa shape index (κ3) is 7.71. The number of carbonyl (C=O) groups is 1. The van der Waals surface area contributed by atoms with Gasteiger partial charge in [-0.1, -0.05) is 49.7 Å². The number of nitrogens with zero attached hydrogens (tertiary/aromatic N) is 1. The molecule has 118 valence electrons. The van der Waals surface area contributed by atoms with E-state index in [1.807, 2.05) is 43.3 Å². The minimum Gasteiger partial charge on any atom is -0.450 e. The fourth-order valence-electron chi connectivity index (χ4n) is 2.38. The van der Waals surface area contributed by atoms with E-state index in [0.29, 0.717) is 6.61 Å². The van der Waals surface area contributed by atoms with Gasteiger partial charge in [0.1, 0.15) is 0 Å². The fraction of sp³-hybridized carbons (Fsp3) is 0.588. The molecular weight excluding hydrogens is 264 g/mol. The van der Waals surface area contributed by atoms with Crippen LogP contribution >= 0.6 is 0 Å². The topological polar surface area (TPSA) is 41.6 Å². The maximum absolute atomic E-state index is 11.3. The molecule has 4 nitrogen and oxygen atoms in total. The Balaban J connectivity index is 0.000000304. The zero-order valence-corrected chi connectivity index (χ0v) is 13.3. The first kappa shape index (κ1) is 17.5. The number of carbonyl (C=O) groups excluding carboxylic acids is 1. The Hall–Kier alpha value is -1.55. The molecule has 0 aromatic heterocycles. The Bertz CT molecular complexity index is 338. The van der Waals surface area contributed by atoms with E-state index in [2.05, 4.69) is 17.1 Å². The summed E-state index contributed by atoms with van der Waals surface area (Å²) in [6.07, 6.45) is 4.56. The van der Waals surface area contributed by atoms with Crippen molar-refractivity contribution < 1.29 is 9.53 Å². The van der Waals surface area contributed by atoms with E-state index in [1.54, 1.807) is 0 Å². The number of amides is 1. The van der Waals surface area contributed by atoms with Crippen LogP contribution in [0.4, 0.5) is 4.79 Å². The van der Waals surface area contributed by atoms with Gasteiger partial charge in [0, 0.05) is 13.1 Å². The normalized spacial score (nSPS) is 16.3. The van der Waals surface area contributed by atoms with Crippen LogP contribution in [0.25, 0.3) is 0 Å². The van der Waals surface area contributed by atoms with Gasteiger partial charge in [0.25, 0.3) is 0 Å². The van der Waals surface area contributed by atoms with E-state index in [0.717, 1.165) is 19.5 Å². The van der Waals surface area contributed by atoms with Crippen LogP contribution in [0.15, 0.2) is 36.4 Å². The van der Waals surface area contributed by atoms with Crippen LogP contribution in [0.1, 0.15) is 39.5 Å². The lowest BCUT2D eigenvalue weighted by Gasteiger charge is -2.34. The first-order valence-electron chi connectivity index (χ1n) is 7.95. The Morgan fingerprint density at radius 2 is 1.57 bits per heavy atom. The largest absolute Gasteiger partial charge is 0.450 e. The summed E-state index contributed by atoms with van der Waals surface area (Å²) >= 11 is 0. The third-order valence-electron chi connectivity index (χ3n) is 3.44. The summed E-state index contributed by atoms with van der Waals surface area (Å²) in [6, 6.07) is 12.0. The predicted molar refractivity (Wildman–Crippen MR) is 86.1 cm³/mol. The van der Waals surface area contributed by atoms with Crippen LogP contribution in [0, 0.1) is 0 Å². The molecule has 0 radical (unpaired) electrons. The molecule has 1 fully saturated rings. The van der Waals surface area contributed by atoms with Crippen molar-refractivity contribution >= 4 is 6.09 Å². The standard InChI is InChI=1S/C11H22N2O2.C6H6/c1-3-10(12-11(14)15-4-2)13-8-6-5-7-9-13;1-2-4-6-5-3-1/h10H,3-9H2,1-2H3,(H,12,14);1-6H. The summed E-state index contributed by atoms with van der Waals surface area (Å²) in [6.45, 7) is 6.52. The highest BCUT2D eigenvalue weighted by Crippen LogP contribution is 2.12. The number of alkyl carbamates (subject to hydrolysis) is 1. The van der Waals surface area contributed by atoms with E-state index in [1.165, 1.54) is 19.3 Å². The number of nitrogens with one attached hydrogen (secondary N) is 1. The van der Waals surface area contributed by atoms with Gasteiger partial charge in [-0.3, -0.25) is 4.90 Å². The van der Waals surface area contributed by atoms with Crippen molar-refractivity contribution in [3.63, 3.8) is 0 Å². The Labute approximate surface area is 128 Å². The molecule has 1 heterocycles. The van der Waals surface area contributed by atoms with Gasteiger partial charge in [0.05, 0.1) is 12.8 Å². The molecule has 0 saturated carbocycles. The summed E-state index contributed by atoms with van der Waals surface area (Å²) in [4.78, 5) is 13.6. The van der Waals surface area contributed by atoms with Crippen LogP contribution in [0.3, 0.4) is 0 Å². The van der Waals surface area contributed by atoms with Gasteiger partial charge < -0.3 is 10.1 Å². The van der Waals surface area contributed by atoms with Gasteiger partial charge in [0.2, 0.25) is 0 Å². The van der Waals surface area contributed by atoms with Gasteiger partial charge in [-0.05, 0) is 26.2 Å². The van der Waals surface area contributed by atoms with Crippen LogP contribution in [0.2, 0.25) is 0 Å². The lowest BCUT2D eigenvalue weighted by Crippen LogP contribution is -2.49. The summed E-state index contributed by atoms with van der Waals surface area (Å²) in [5.74, 6) is 0. The highest BCUT2D eigenvalue weighted by Gasteiger charge is 2.20. The molecule has 1 aliphatic heterocycles. The molecule has 21 heavy (non-hydrogen) atoms. The van der Waals surface area contributed by atoms with Crippen LogP contribution in [-0.4, -0.2) is 36.9 Å². The number of ether oxygens (including phenoxy) is 1. The summed E-state index contributed by atoms with van der Waals surface area (Å²) in [5, 5.41) is 2.90. The van der Waals surface area contributed by atoms with E-state index < -0.39 is 0 Å². The molecular formula is C17H28N2O2. The summed E-state index contributed by atoms with van der Waals surface area (Å²) in [5.41, 5.74) is 0. The van der Waals surface area contributed by atoms with Gasteiger partial charge in [-0.25, -0.2) is 4.79 Å². The van der Waals surface area contributed by atoms with E-state index in [4.69, 9.17) is 4.74 Å². The SMILES string of the molecule is CCOC(=O)NC(CC)N1CCCCC1.c1ccccc1. The minimum atomic E-state index is -0.296. The average molecular weight is 292 g/mol. The lowest BCUT2D eigenvalue weighted by molar-refractivity contribution is 0.104. The van der Waals surface area contributed by atoms with Crippen LogP contribution in [-0.2, 0) is 4.74 Å². The number of piperidine rings is 1. The Morgan fingerprint density at radius 1 is 1.05 bits per heavy atom. The second-order valence-electron chi connectivity index (χ2n) is 5.04. The molecule has 0 aliphatic carbocycles. The monoisotopic (exact) mass is 292 g/mol. The molecule has 0 bridgehead atoms. The van der Waals surface area contributed by atoms with E-state index >= 15 is 0 Å². The molecule has 1 saturated heterocycles. The smallest absolute Gasteiger partial charge is 0.408 e. The van der Waals surface area contributed by atoms with Crippen molar-refractivity contribution in [3.8, 4) is 0 Å². The Kier molecular flexibility index (Phi) is 9.29. The Morgan fingerprint density at radius 3 is 2.00 bits per heavy atom. The van der Waals surface area contributed by atoms with Crippen molar-refractivity contribution in [2.75, 3.05) is 19.7 Å². The van der Waals surface area contributed by atoms with Gasteiger partial charge in [0.15, 0.2) is 0 Å². The van der Waals surface area contributed by atoms with Crippen LogP contribution < -0.4 is 5.32 Å². The molecule has 1 N–H and O–H groups in total. The zero-order chi connectivity index (χ0) is 15.3. The minimum absolute atomic E-state index is 0.143. The number of hydrogen-bond acceptors (Lipinski definition) is 3. The van der Waals surface area contributed by atoms with Gasteiger partial charge >= 0.3 is 6.09 Å². The second kappa shape index (κ2) is 11.1. The molecule has 4 heteroatoms. The maximum atomic E-state index is 11.3. The maximum Gasteiger partial charge on any atom is 0.408 e. The molecule has 2 rings (SSSR count). The van der Waals surface area contributed by atoms with Gasteiger partial charge in [-0.15, -0.1) is 0 Å². The molecule has 1 atom stereocenters. The molecule has 1 amide bonds. The van der Waals surface area contributed by atoms with Crippen molar-refractivity contribution in [3.05, 3.63) is 36.4 Å². The molecule has 1 unspecified atom stereocenters. The molecule has 1 aromatic carbocycles. The molecule has 0 spiro atoms. The predicted octanol–water partition coefficient (Wildman–Crippen LogP) is 3.64. The quantitative estimate of drug-likeness (QED) is 0.921. The first-order valence-corrected chi connectivity index (χ1v) is 7.95. The molecule has 1 aliphatic rings. The number of hydrogen-bond donors (Lipinski definition) is 1. The number of benzene rings is 1. The zero-order valence-electron chi connectivity index (χ0n) is 13.3. The van der Waals surface area contributed by atoms with Crippen molar-refractivity contribution in [1.82, 2.24) is 10.2 Å². The van der Waals surface area contributed by atoms with E-state index in [-0.39, 0.29) is 12.3 Å². The summed E-state index contributed by atoms with van der Waals surface area (Å²) in [7, 11) is 0. The highest BCUT2D eigenvalue weighted by atomic mass is 16.5. The average Bonchev–Trinajstić information content (AvgIpc) is 2.56. The summed E-state index contributed by atoms with van der Waals surface area (Å²) < 4.78 is 4.89. The number of likely N-dealkylation sites (tertiary alicyclic amines) is 1. The molecule has 1 aromatic rings. The fourth-order valence-corrected chi connectivity index (χ4v) is 2.38. The second-order valence-corrected chi connectivity index (χ2v) is 5.04. The third-order valence-corrected chi connectivity index (χ3v) is 3.44. The number of rotatable bonds is 4. The lowest BCUT2D eigenvalue weighted by atomic mass is 10.1. The first-order chi connectivity index (χ1) is 10.3. The van der Waals surface area contributed by atoms with Crippen molar-refractivity contribution in [2.45, 2.75) is 45.7 Å². The van der Waals surface area contributed by atoms with Crippen LogP contribution in [0.5, 0.6) is 0 Å². The highest BCUT2D eigenvalue weighted by molar-refractivity contribution is 5.67. The van der Waals surface area contributed by atoms with Crippen molar-refractivity contribution in [2.24, 2.45) is 0 Å². The van der Waals surface area contributed by atoms with Gasteiger partial charge in [-0.2, -0.15) is 0 Å². The van der Waals surface area contributed by atoms with E-state index in [9.17, 15) is 4.79 Å². The van der Waals surface area contributed by atoms with Crippen molar-refractivity contribution in [1.29, 1.82) is 0 Å².